The van der Waals surface area contributed by atoms with E-state index in [1.807, 2.05) is 16.8 Å². The van der Waals surface area contributed by atoms with Crippen LogP contribution in [0, 0.1) is 5.82 Å². The van der Waals surface area contributed by atoms with Crippen LogP contribution >= 0.6 is 11.3 Å². The van der Waals surface area contributed by atoms with E-state index in [0.717, 1.165) is 23.8 Å². The first-order chi connectivity index (χ1) is 8.58. The maximum Gasteiger partial charge on any atom is 0.335 e. The first-order valence-corrected chi connectivity index (χ1v) is 7.26. The van der Waals surface area contributed by atoms with Crippen molar-refractivity contribution in [2.24, 2.45) is 0 Å². The smallest absolute Gasteiger partial charge is 0.335 e. The third kappa shape index (κ3) is 2.83. The molecule has 0 saturated carbocycles. The number of rotatable bonds is 4. The van der Waals surface area contributed by atoms with Crippen LogP contribution in [0.1, 0.15) is 15.9 Å². The number of carbonyl (C=O) groups is 1. The fraction of sp³-hybridized carbons (Fsp3) is 0.0833. The predicted molar refractivity (Wildman–Crippen MR) is 67.8 cm³/mol. The molecular weight excluding hydrogens is 275 g/mol. The Kier molecular flexibility index (Phi) is 3.88. The van der Waals surface area contributed by atoms with Crippen molar-refractivity contribution in [2.45, 2.75) is 10.6 Å². The van der Waals surface area contributed by atoms with Gasteiger partial charge in [0.15, 0.2) is 0 Å². The number of hydrogen-bond acceptors (Lipinski definition) is 3. The first kappa shape index (κ1) is 12.9. The second kappa shape index (κ2) is 5.41. The number of carboxylic acids is 1. The highest BCUT2D eigenvalue weighted by atomic mass is 32.2. The highest BCUT2D eigenvalue weighted by Gasteiger charge is 2.14. The Morgan fingerprint density at radius 3 is 2.78 bits per heavy atom. The zero-order valence-electron chi connectivity index (χ0n) is 9.13. The molecule has 0 amide bonds. The second-order valence-corrected chi connectivity index (χ2v) is 5.77. The minimum absolute atomic E-state index is 0.0648. The number of benzene rings is 1. The van der Waals surface area contributed by atoms with E-state index in [9.17, 15) is 13.4 Å². The fourth-order valence-corrected chi connectivity index (χ4v) is 3.37. The van der Waals surface area contributed by atoms with Crippen molar-refractivity contribution in [3.63, 3.8) is 0 Å². The van der Waals surface area contributed by atoms with Gasteiger partial charge in [0.05, 0.1) is 27.0 Å². The van der Waals surface area contributed by atoms with E-state index < -0.39 is 22.6 Å². The fourth-order valence-electron chi connectivity index (χ4n) is 1.41. The van der Waals surface area contributed by atoms with Crippen LogP contribution in [-0.2, 0) is 16.6 Å². The monoisotopic (exact) mass is 284 g/mol. The summed E-state index contributed by atoms with van der Waals surface area (Å²) in [5, 5.41) is 12.5. The summed E-state index contributed by atoms with van der Waals surface area (Å²) in [6.45, 7) is 0. The number of halogens is 1. The maximum atomic E-state index is 13.5. The average molecular weight is 284 g/mol. The van der Waals surface area contributed by atoms with Gasteiger partial charge in [-0.15, -0.1) is 0 Å². The Morgan fingerprint density at radius 1 is 1.39 bits per heavy atom. The summed E-state index contributed by atoms with van der Waals surface area (Å²) in [5.74, 6) is -1.62. The number of hydrogen-bond donors (Lipinski definition) is 1. The van der Waals surface area contributed by atoms with Crippen molar-refractivity contribution in [3.05, 3.63) is 52.0 Å². The Hall–Kier alpha value is -1.53. The van der Waals surface area contributed by atoms with E-state index in [2.05, 4.69) is 0 Å². The molecule has 1 aromatic heterocycles. The van der Waals surface area contributed by atoms with Crippen LogP contribution < -0.4 is 0 Å². The minimum Gasteiger partial charge on any atom is -0.478 e. The molecule has 2 aromatic rings. The van der Waals surface area contributed by atoms with Crippen molar-refractivity contribution in [1.82, 2.24) is 0 Å². The Labute approximate surface area is 109 Å². The van der Waals surface area contributed by atoms with Gasteiger partial charge in [-0.05, 0) is 40.6 Å². The summed E-state index contributed by atoms with van der Waals surface area (Å²) in [6, 6.07) is 5.12. The molecule has 0 spiro atoms. The Bertz CT molecular complexity index is 593. The molecule has 1 atom stereocenters. The van der Waals surface area contributed by atoms with Gasteiger partial charge < -0.3 is 5.11 Å². The van der Waals surface area contributed by atoms with Gasteiger partial charge in [0, 0.05) is 0 Å². The summed E-state index contributed by atoms with van der Waals surface area (Å²) < 4.78 is 25.5. The third-order valence-corrected chi connectivity index (χ3v) is 4.43. The molecule has 18 heavy (non-hydrogen) atoms. The number of thiophene rings is 1. The molecule has 0 aliphatic rings. The highest BCUT2D eigenvalue weighted by Crippen LogP contribution is 2.19. The molecule has 0 bridgehead atoms. The molecule has 6 heteroatoms. The van der Waals surface area contributed by atoms with Gasteiger partial charge in [-0.25, -0.2) is 9.18 Å². The summed E-state index contributed by atoms with van der Waals surface area (Å²) in [4.78, 5) is 10.7. The molecule has 2 rings (SSSR count). The molecule has 0 aliphatic carbocycles. The normalized spacial score (nSPS) is 12.3. The van der Waals surface area contributed by atoms with E-state index in [1.54, 1.807) is 0 Å². The number of aromatic carboxylic acids is 1. The van der Waals surface area contributed by atoms with Crippen LogP contribution in [0.15, 0.2) is 39.9 Å². The van der Waals surface area contributed by atoms with Crippen LogP contribution in [0.5, 0.6) is 0 Å². The Morgan fingerprint density at radius 2 is 2.17 bits per heavy atom. The largest absolute Gasteiger partial charge is 0.478 e. The van der Waals surface area contributed by atoms with Crippen molar-refractivity contribution < 1.29 is 18.5 Å². The quantitative estimate of drug-likeness (QED) is 0.939. The molecule has 94 valence electrons. The van der Waals surface area contributed by atoms with Gasteiger partial charge in [-0.3, -0.25) is 4.21 Å². The topological polar surface area (TPSA) is 54.4 Å². The molecule has 3 nitrogen and oxygen atoms in total. The first-order valence-electron chi connectivity index (χ1n) is 5.00. The van der Waals surface area contributed by atoms with Crippen LogP contribution in [0.2, 0.25) is 0 Å². The van der Waals surface area contributed by atoms with Gasteiger partial charge in [0.2, 0.25) is 0 Å². The summed E-state index contributed by atoms with van der Waals surface area (Å²) in [7, 11) is -1.58. The van der Waals surface area contributed by atoms with Crippen LogP contribution in [-0.4, -0.2) is 15.3 Å². The number of carboxylic acid groups (broad SMARTS) is 1. The maximum absolute atomic E-state index is 13.5. The molecule has 1 aromatic carbocycles. The lowest BCUT2D eigenvalue weighted by molar-refractivity contribution is 0.0696. The molecule has 0 aliphatic heterocycles. The lowest BCUT2D eigenvalue weighted by atomic mass is 10.2. The van der Waals surface area contributed by atoms with E-state index in [0.29, 0.717) is 0 Å². The molecule has 1 unspecified atom stereocenters. The van der Waals surface area contributed by atoms with Crippen molar-refractivity contribution >= 4 is 28.1 Å². The molecule has 0 fully saturated rings. The summed E-state index contributed by atoms with van der Waals surface area (Å²) in [5.41, 5.74) is 0.781. The summed E-state index contributed by atoms with van der Waals surface area (Å²) >= 11 is 1.47. The van der Waals surface area contributed by atoms with Crippen molar-refractivity contribution in [2.75, 3.05) is 0 Å². The van der Waals surface area contributed by atoms with Crippen LogP contribution in [0.3, 0.4) is 0 Å². The van der Waals surface area contributed by atoms with Crippen molar-refractivity contribution in [1.29, 1.82) is 0 Å². The average Bonchev–Trinajstić information content (AvgIpc) is 2.81. The van der Waals surface area contributed by atoms with E-state index >= 15 is 0 Å². The van der Waals surface area contributed by atoms with Crippen molar-refractivity contribution in [3.8, 4) is 0 Å². The minimum atomic E-state index is -1.58. The van der Waals surface area contributed by atoms with E-state index in [1.165, 1.54) is 11.3 Å². The third-order valence-electron chi connectivity index (χ3n) is 2.30. The van der Waals surface area contributed by atoms with Gasteiger partial charge in [0.25, 0.3) is 0 Å². The van der Waals surface area contributed by atoms with Gasteiger partial charge in [0.1, 0.15) is 5.82 Å². The van der Waals surface area contributed by atoms with Crippen LogP contribution in [0.25, 0.3) is 0 Å². The van der Waals surface area contributed by atoms with E-state index in [-0.39, 0.29) is 16.2 Å². The molecule has 1 N–H and O–H groups in total. The summed E-state index contributed by atoms with van der Waals surface area (Å²) in [6.07, 6.45) is 0. The van der Waals surface area contributed by atoms with Gasteiger partial charge in [-0.2, -0.15) is 11.3 Å². The predicted octanol–water partition coefficient (Wildman–Crippen LogP) is 2.89. The SMILES string of the molecule is O=C(O)c1ccc(F)c(S(=O)Cc2ccsc2)c1. The van der Waals surface area contributed by atoms with Gasteiger partial charge >= 0.3 is 5.97 Å². The molecule has 1 heterocycles. The Balaban J connectivity index is 2.29. The van der Waals surface area contributed by atoms with Gasteiger partial charge in [-0.1, -0.05) is 0 Å². The lowest BCUT2D eigenvalue weighted by Gasteiger charge is -2.04. The zero-order chi connectivity index (χ0) is 13.1. The zero-order valence-corrected chi connectivity index (χ0v) is 10.8. The highest BCUT2D eigenvalue weighted by molar-refractivity contribution is 7.84. The molecular formula is C12H9FO3S2. The molecule has 0 saturated heterocycles. The standard InChI is InChI=1S/C12H9FO3S2/c13-10-2-1-9(12(14)15)5-11(10)18(16)7-8-3-4-17-6-8/h1-6H,7H2,(H,14,15). The second-order valence-electron chi connectivity index (χ2n) is 3.57. The lowest BCUT2D eigenvalue weighted by Crippen LogP contribution is -2.03. The van der Waals surface area contributed by atoms with E-state index in [4.69, 9.17) is 5.11 Å². The van der Waals surface area contributed by atoms with Crippen LogP contribution in [0.4, 0.5) is 4.39 Å². The molecule has 0 radical (unpaired) electrons.